The van der Waals surface area contributed by atoms with Crippen LogP contribution < -0.4 is 0 Å². The van der Waals surface area contributed by atoms with Crippen molar-refractivity contribution in [3.05, 3.63) is 33.6 Å². The first-order chi connectivity index (χ1) is 12.0. The molecule has 0 spiro atoms. The second kappa shape index (κ2) is 8.01. The molecule has 1 fully saturated rings. The van der Waals surface area contributed by atoms with E-state index in [1.165, 1.54) is 11.0 Å². The normalized spacial score (nSPS) is 18.6. The summed E-state index contributed by atoms with van der Waals surface area (Å²) in [4.78, 5) is 26.2. The van der Waals surface area contributed by atoms with Crippen LogP contribution in [0.15, 0.2) is 12.1 Å². The number of carbonyl (C=O) groups is 2. The lowest BCUT2D eigenvalue weighted by Crippen LogP contribution is -2.44. The van der Waals surface area contributed by atoms with Gasteiger partial charge in [0.1, 0.15) is 23.6 Å². The molecule has 8 heteroatoms. The molecule has 0 unspecified atom stereocenters. The van der Waals surface area contributed by atoms with Crippen LogP contribution >= 0.6 is 23.2 Å². The minimum Gasteiger partial charge on any atom is -0.456 e. The Labute approximate surface area is 162 Å². The van der Waals surface area contributed by atoms with Crippen molar-refractivity contribution in [2.24, 2.45) is 0 Å². The minimum atomic E-state index is -0.862. The van der Waals surface area contributed by atoms with Crippen LogP contribution in [-0.4, -0.2) is 35.2 Å². The number of ether oxygens (including phenoxy) is 2. The Bertz CT molecular complexity index is 705. The van der Waals surface area contributed by atoms with Crippen molar-refractivity contribution < 1.29 is 23.5 Å². The van der Waals surface area contributed by atoms with Gasteiger partial charge in [-0.1, -0.05) is 23.2 Å². The number of rotatable bonds is 3. The summed E-state index contributed by atoms with van der Waals surface area (Å²) in [7, 11) is 0. The molecule has 0 saturated carbocycles. The SMILES string of the molecule is C[C@@H](OC(=O)[C@@H]1CCCN1C(=O)OC(C)(C)C)c1c(Cl)ccc(F)c1Cl. The molecule has 0 radical (unpaired) electrons. The number of hydrogen-bond donors (Lipinski definition) is 0. The first-order valence-corrected chi connectivity index (χ1v) is 9.10. The Morgan fingerprint density at radius 3 is 2.58 bits per heavy atom. The van der Waals surface area contributed by atoms with E-state index in [0.29, 0.717) is 19.4 Å². The molecule has 2 rings (SSSR count). The van der Waals surface area contributed by atoms with Crippen molar-refractivity contribution in [2.45, 2.75) is 58.3 Å². The van der Waals surface area contributed by atoms with E-state index in [4.69, 9.17) is 32.7 Å². The molecule has 1 amide bonds. The summed E-state index contributed by atoms with van der Waals surface area (Å²) in [6.07, 6.45) is -0.296. The molecule has 26 heavy (non-hydrogen) atoms. The Balaban J connectivity index is 2.11. The number of esters is 1. The first-order valence-electron chi connectivity index (χ1n) is 8.34. The molecule has 1 heterocycles. The smallest absolute Gasteiger partial charge is 0.411 e. The Morgan fingerprint density at radius 2 is 1.96 bits per heavy atom. The van der Waals surface area contributed by atoms with E-state index in [2.05, 4.69) is 0 Å². The molecule has 1 aromatic rings. The summed E-state index contributed by atoms with van der Waals surface area (Å²) >= 11 is 12.0. The quantitative estimate of drug-likeness (QED) is 0.516. The number of benzene rings is 1. The van der Waals surface area contributed by atoms with Gasteiger partial charge in [0.25, 0.3) is 0 Å². The molecule has 144 valence electrons. The van der Waals surface area contributed by atoms with E-state index >= 15 is 0 Å². The second-order valence-electron chi connectivity index (χ2n) is 7.17. The van der Waals surface area contributed by atoms with E-state index < -0.39 is 35.6 Å². The Kier molecular flexibility index (Phi) is 6.40. The van der Waals surface area contributed by atoms with E-state index in [0.717, 1.165) is 6.07 Å². The van der Waals surface area contributed by atoms with Crippen molar-refractivity contribution in [3.63, 3.8) is 0 Å². The minimum absolute atomic E-state index is 0.187. The topological polar surface area (TPSA) is 55.8 Å². The summed E-state index contributed by atoms with van der Waals surface area (Å²) in [5.41, 5.74) is -0.465. The lowest BCUT2D eigenvalue weighted by atomic mass is 10.1. The molecule has 0 N–H and O–H groups in total. The van der Waals surface area contributed by atoms with Gasteiger partial charge in [-0.15, -0.1) is 0 Å². The molecule has 1 aromatic carbocycles. The van der Waals surface area contributed by atoms with Gasteiger partial charge in [-0.25, -0.2) is 14.0 Å². The summed E-state index contributed by atoms with van der Waals surface area (Å²) in [5.74, 6) is -1.25. The highest BCUT2D eigenvalue weighted by molar-refractivity contribution is 6.36. The first kappa shape index (κ1) is 20.8. The van der Waals surface area contributed by atoms with Crippen LogP contribution in [0.25, 0.3) is 0 Å². The average Bonchev–Trinajstić information content (AvgIpc) is 2.99. The molecule has 5 nitrogen and oxygen atoms in total. The van der Waals surface area contributed by atoms with Crippen LogP contribution in [0.4, 0.5) is 9.18 Å². The lowest BCUT2D eigenvalue weighted by molar-refractivity contribution is -0.153. The summed E-state index contributed by atoms with van der Waals surface area (Å²) in [6.45, 7) is 7.22. The number of carbonyl (C=O) groups excluding carboxylic acids is 2. The molecule has 1 saturated heterocycles. The van der Waals surface area contributed by atoms with Crippen molar-refractivity contribution in [3.8, 4) is 0 Å². The molecule has 1 aliphatic heterocycles. The number of amides is 1. The Morgan fingerprint density at radius 1 is 1.31 bits per heavy atom. The monoisotopic (exact) mass is 405 g/mol. The van der Waals surface area contributed by atoms with Gasteiger partial charge < -0.3 is 9.47 Å². The fourth-order valence-electron chi connectivity index (χ4n) is 2.78. The van der Waals surface area contributed by atoms with Crippen LogP contribution in [0.1, 0.15) is 52.2 Å². The zero-order valence-electron chi connectivity index (χ0n) is 15.1. The van der Waals surface area contributed by atoms with Crippen LogP contribution in [-0.2, 0) is 14.3 Å². The van der Waals surface area contributed by atoms with E-state index in [1.54, 1.807) is 27.7 Å². The molecule has 0 aliphatic carbocycles. The van der Waals surface area contributed by atoms with Gasteiger partial charge >= 0.3 is 12.1 Å². The number of halogens is 3. The third kappa shape index (κ3) is 4.80. The van der Waals surface area contributed by atoms with Crippen molar-refractivity contribution in [2.75, 3.05) is 6.54 Å². The zero-order valence-corrected chi connectivity index (χ0v) is 16.7. The fraction of sp³-hybridized carbons (Fsp3) is 0.556. The lowest BCUT2D eigenvalue weighted by Gasteiger charge is -2.28. The van der Waals surface area contributed by atoms with E-state index in [-0.39, 0.29) is 15.6 Å². The highest BCUT2D eigenvalue weighted by Gasteiger charge is 2.38. The summed E-state index contributed by atoms with van der Waals surface area (Å²) in [6, 6.07) is 1.74. The number of nitrogens with zero attached hydrogens (tertiary/aromatic N) is 1. The van der Waals surface area contributed by atoms with Crippen molar-refractivity contribution >= 4 is 35.3 Å². The molecule has 1 aliphatic rings. The number of hydrogen-bond acceptors (Lipinski definition) is 4. The highest BCUT2D eigenvalue weighted by Crippen LogP contribution is 2.35. The zero-order chi connectivity index (χ0) is 19.6. The standard InChI is InChI=1S/C18H22Cl2FNO4/c1-10(14-11(19)7-8-12(21)15(14)20)25-16(23)13-6-5-9-22(13)17(24)26-18(2,3)4/h7-8,10,13H,5-6,9H2,1-4H3/t10-,13+/m1/s1. The third-order valence-electron chi connectivity index (χ3n) is 3.93. The van der Waals surface area contributed by atoms with E-state index in [9.17, 15) is 14.0 Å². The van der Waals surface area contributed by atoms with Gasteiger partial charge in [-0.05, 0) is 52.7 Å². The average molecular weight is 406 g/mol. The maximum Gasteiger partial charge on any atom is 0.411 e. The molecular formula is C18H22Cl2FNO4. The van der Waals surface area contributed by atoms with Crippen LogP contribution in [0.3, 0.4) is 0 Å². The van der Waals surface area contributed by atoms with Gasteiger partial charge in [0.15, 0.2) is 0 Å². The van der Waals surface area contributed by atoms with Crippen LogP contribution in [0.5, 0.6) is 0 Å². The molecule has 0 bridgehead atoms. The largest absolute Gasteiger partial charge is 0.456 e. The maximum absolute atomic E-state index is 13.7. The number of likely N-dealkylation sites (tertiary alicyclic amines) is 1. The van der Waals surface area contributed by atoms with Crippen molar-refractivity contribution in [1.82, 2.24) is 4.90 Å². The van der Waals surface area contributed by atoms with E-state index in [1.807, 2.05) is 0 Å². The predicted molar refractivity (Wildman–Crippen MR) is 96.9 cm³/mol. The summed E-state index contributed by atoms with van der Waals surface area (Å²) < 4.78 is 24.4. The van der Waals surface area contributed by atoms with Gasteiger partial charge in [-0.3, -0.25) is 4.90 Å². The Hall–Kier alpha value is -1.53. The van der Waals surface area contributed by atoms with Gasteiger partial charge in [0.05, 0.1) is 5.02 Å². The van der Waals surface area contributed by atoms with Gasteiger partial charge in [0, 0.05) is 17.1 Å². The summed E-state index contributed by atoms with van der Waals surface area (Å²) in [5, 5.41) is 0.0142. The van der Waals surface area contributed by atoms with Crippen LogP contribution in [0, 0.1) is 5.82 Å². The van der Waals surface area contributed by atoms with Gasteiger partial charge in [0.2, 0.25) is 0 Å². The van der Waals surface area contributed by atoms with Crippen LogP contribution in [0.2, 0.25) is 10.0 Å². The highest BCUT2D eigenvalue weighted by atomic mass is 35.5. The molecular weight excluding hydrogens is 384 g/mol. The maximum atomic E-state index is 13.7. The van der Waals surface area contributed by atoms with Gasteiger partial charge in [-0.2, -0.15) is 0 Å². The predicted octanol–water partition coefficient (Wildman–Crippen LogP) is 5.14. The molecule has 2 atom stereocenters. The second-order valence-corrected chi connectivity index (χ2v) is 7.95. The molecule has 0 aromatic heterocycles. The fourth-order valence-corrected chi connectivity index (χ4v) is 3.46. The third-order valence-corrected chi connectivity index (χ3v) is 4.65. The van der Waals surface area contributed by atoms with Crippen molar-refractivity contribution in [1.29, 1.82) is 0 Å².